The first-order chi connectivity index (χ1) is 12.2. The van der Waals surface area contributed by atoms with Crippen molar-refractivity contribution in [1.82, 2.24) is 29.5 Å². The maximum atomic E-state index is 8.97. The van der Waals surface area contributed by atoms with E-state index in [9.17, 15) is 0 Å². The number of benzene rings is 1. The lowest BCUT2D eigenvalue weighted by Crippen LogP contribution is -2.14. The number of para-hydroxylation sites is 2. The molecule has 1 aromatic carbocycles. The van der Waals surface area contributed by atoms with Gasteiger partial charge < -0.3 is 20.7 Å². The summed E-state index contributed by atoms with van der Waals surface area (Å²) in [7, 11) is 0. The number of rotatable bonds is 6. The van der Waals surface area contributed by atoms with Gasteiger partial charge in [0.1, 0.15) is 5.82 Å². The second-order valence-corrected chi connectivity index (χ2v) is 6.16. The zero-order valence-corrected chi connectivity index (χ0v) is 14.7. The number of aliphatic hydroxyl groups is 1. The lowest BCUT2D eigenvalue weighted by molar-refractivity contribution is 0.311. The van der Waals surface area contributed by atoms with Gasteiger partial charge in [-0.15, -0.1) is 0 Å². The minimum absolute atomic E-state index is 0.00326. The van der Waals surface area contributed by atoms with Crippen molar-refractivity contribution >= 4 is 44.5 Å². The monoisotopic (exact) mass is 402 g/mol. The summed E-state index contributed by atoms with van der Waals surface area (Å²) in [5.74, 6) is 1.73. The standard InChI is InChI=1S/C15H15BrN8O/c16-9-7-19-24-13(9)22-14(17-5-6-25)23-15(24)18-8-12-20-10-3-1-2-4-11(10)21-12/h1-4,7,25H,5-6,8H2,(H,20,21)(H2,17,18,22,23). The van der Waals surface area contributed by atoms with Crippen molar-refractivity contribution in [3.8, 4) is 0 Å². The number of anilines is 2. The van der Waals surface area contributed by atoms with E-state index < -0.39 is 0 Å². The highest BCUT2D eigenvalue weighted by atomic mass is 79.9. The number of aliphatic hydroxyl groups excluding tert-OH is 1. The van der Waals surface area contributed by atoms with Gasteiger partial charge in [0, 0.05) is 6.54 Å². The first-order valence-electron chi connectivity index (χ1n) is 7.68. The molecule has 0 amide bonds. The van der Waals surface area contributed by atoms with Crippen LogP contribution >= 0.6 is 15.9 Å². The average molecular weight is 403 g/mol. The van der Waals surface area contributed by atoms with Crippen LogP contribution in [0.15, 0.2) is 34.9 Å². The first-order valence-corrected chi connectivity index (χ1v) is 8.47. The van der Waals surface area contributed by atoms with Crippen LogP contribution < -0.4 is 10.6 Å². The number of aromatic nitrogens is 6. The van der Waals surface area contributed by atoms with E-state index in [1.807, 2.05) is 24.3 Å². The molecule has 0 unspecified atom stereocenters. The van der Waals surface area contributed by atoms with E-state index in [-0.39, 0.29) is 6.61 Å². The van der Waals surface area contributed by atoms with E-state index in [0.717, 1.165) is 21.3 Å². The van der Waals surface area contributed by atoms with E-state index in [4.69, 9.17) is 5.11 Å². The largest absolute Gasteiger partial charge is 0.395 e. The van der Waals surface area contributed by atoms with Gasteiger partial charge in [-0.1, -0.05) is 12.1 Å². The molecule has 4 rings (SSSR count). The van der Waals surface area contributed by atoms with Gasteiger partial charge in [0.15, 0.2) is 5.65 Å². The van der Waals surface area contributed by atoms with E-state index in [0.29, 0.717) is 30.6 Å². The average Bonchev–Trinajstić information content (AvgIpc) is 3.21. The van der Waals surface area contributed by atoms with Gasteiger partial charge in [-0.05, 0) is 28.1 Å². The second-order valence-electron chi connectivity index (χ2n) is 5.30. The number of halogens is 1. The van der Waals surface area contributed by atoms with Crippen LogP contribution in [0.3, 0.4) is 0 Å². The van der Waals surface area contributed by atoms with Crippen molar-refractivity contribution in [3.05, 3.63) is 40.8 Å². The molecule has 0 aliphatic carbocycles. The Morgan fingerprint density at radius 1 is 1.16 bits per heavy atom. The third-order valence-electron chi connectivity index (χ3n) is 3.57. The van der Waals surface area contributed by atoms with E-state index in [1.165, 1.54) is 0 Å². The molecule has 9 nitrogen and oxygen atoms in total. The van der Waals surface area contributed by atoms with Gasteiger partial charge >= 0.3 is 0 Å². The molecule has 0 aliphatic heterocycles. The molecule has 0 saturated heterocycles. The van der Waals surface area contributed by atoms with Gasteiger partial charge in [0.05, 0.1) is 34.9 Å². The molecule has 0 aliphatic rings. The zero-order chi connectivity index (χ0) is 17.2. The molecule has 0 bridgehead atoms. The Labute approximate surface area is 150 Å². The summed E-state index contributed by atoms with van der Waals surface area (Å²) in [4.78, 5) is 16.6. The molecule has 128 valence electrons. The molecule has 0 saturated carbocycles. The van der Waals surface area contributed by atoms with Gasteiger partial charge in [-0.2, -0.15) is 19.6 Å². The quantitative estimate of drug-likeness (QED) is 0.388. The topological polar surface area (TPSA) is 116 Å². The Hall–Kier alpha value is -2.72. The molecule has 3 aromatic heterocycles. The SMILES string of the molecule is OCCNc1nc(NCc2nc3ccccc3[nH]2)n2ncc(Br)c2n1. The Bertz CT molecular complexity index is 994. The van der Waals surface area contributed by atoms with Crippen molar-refractivity contribution in [2.24, 2.45) is 0 Å². The predicted molar refractivity (Wildman–Crippen MR) is 97.5 cm³/mol. The fourth-order valence-corrected chi connectivity index (χ4v) is 2.81. The van der Waals surface area contributed by atoms with Crippen LogP contribution in [-0.2, 0) is 6.54 Å². The van der Waals surface area contributed by atoms with E-state index in [1.54, 1.807) is 10.7 Å². The van der Waals surface area contributed by atoms with Crippen molar-refractivity contribution in [2.75, 3.05) is 23.8 Å². The summed E-state index contributed by atoms with van der Waals surface area (Å²) in [6, 6.07) is 7.86. The molecule has 0 spiro atoms. The first kappa shape index (κ1) is 15.8. The Balaban J connectivity index is 1.63. The van der Waals surface area contributed by atoms with Crippen LogP contribution in [0.5, 0.6) is 0 Å². The maximum absolute atomic E-state index is 8.97. The van der Waals surface area contributed by atoms with Gasteiger partial charge in [0.2, 0.25) is 11.9 Å². The highest BCUT2D eigenvalue weighted by molar-refractivity contribution is 9.10. The minimum atomic E-state index is -0.00326. The molecule has 4 N–H and O–H groups in total. The second kappa shape index (κ2) is 6.65. The lowest BCUT2D eigenvalue weighted by atomic mass is 10.3. The molecule has 0 fully saturated rings. The molecule has 3 heterocycles. The van der Waals surface area contributed by atoms with Crippen molar-refractivity contribution < 1.29 is 5.11 Å². The van der Waals surface area contributed by atoms with Crippen molar-refractivity contribution in [3.63, 3.8) is 0 Å². The van der Waals surface area contributed by atoms with E-state index >= 15 is 0 Å². The van der Waals surface area contributed by atoms with Crippen LogP contribution in [0.2, 0.25) is 0 Å². The van der Waals surface area contributed by atoms with Crippen LogP contribution in [0.25, 0.3) is 16.7 Å². The fourth-order valence-electron chi connectivity index (χ4n) is 2.46. The third kappa shape index (κ3) is 3.13. The minimum Gasteiger partial charge on any atom is -0.395 e. The summed E-state index contributed by atoms with van der Waals surface area (Å²) < 4.78 is 2.37. The molecule has 0 radical (unpaired) electrons. The number of nitrogens with one attached hydrogen (secondary N) is 3. The summed E-state index contributed by atoms with van der Waals surface area (Å²) >= 11 is 3.43. The summed E-state index contributed by atoms with van der Waals surface area (Å²) in [5, 5.41) is 19.4. The smallest absolute Gasteiger partial charge is 0.229 e. The number of imidazole rings is 1. The lowest BCUT2D eigenvalue weighted by Gasteiger charge is -2.09. The number of fused-ring (bicyclic) bond motifs is 2. The number of aromatic amines is 1. The van der Waals surface area contributed by atoms with Crippen LogP contribution in [0.4, 0.5) is 11.9 Å². The van der Waals surface area contributed by atoms with Crippen molar-refractivity contribution in [2.45, 2.75) is 6.54 Å². The van der Waals surface area contributed by atoms with Crippen LogP contribution in [0.1, 0.15) is 5.82 Å². The van der Waals surface area contributed by atoms with Crippen LogP contribution in [-0.4, -0.2) is 47.8 Å². The molecule has 0 atom stereocenters. The predicted octanol–water partition coefficient (Wildman–Crippen LogP) is 1.78. The molecule has 10 heteroatoms. The van der Waals surface area contributed by atoms with E-state index in [2.05, 4.69) is 51.6 Å². The summed E-state index contributed by atoms with van der Waals surface area (Å²) in [6.45, 7) is 0.819. The molecular formula is C15H15BrN8O. The zero-order valence-electron chi connectivity index (χ0n) is 13.1. The van der Waals surface area contributed by atoms with Crippen LogP contribution in [0, 0.1) is 0 Å². The molecule has 25 heavy (non-hydrogen) atoms. The summed E-state index contributed by atoms with van der Waals surface area (Å²) in [5.41, 5.74) is 2.53. The number of nitrogens with zero attached hydrogens (tertiary/aromatic N) is 5. The van der Waals surface area contributed by atoms with Gasteiger partial charge in [-0.3, -0.25) is 0 Å². The summed E-state index contributed by atoms with van der Waals surface area (Å²) in [6.07, 6.45) is 1.66. The maximum Gasteiger partial charge on any atom is 0.229 e. The third-order valence-corrected chi connectivity index (χ3v) is 4.13. The fraction of sp³-hybridized carbons (Fsp3) is 0.200. The Morgan fingerprint density at radius 3 is 2.88 bits per heavy atom. The van der Waals surface area contributed by atoms with Crippen molar-refractivity contribution in [1.29, 1.82) is 0 Å². The number of hydrogen-bond donors (Lipinski definition) is 4. The normalized spacial score (nSPS) is 11.3. The number of hydrogen-bond acceptors (Lipinski definition) is 7. The Kier molecular flexibility index (Phi) is 4.20. The Morgan fingerprint density at radius 2 is 2.04 bits per heavy atom. The highest BCUT2D eigenvalue weighted by Crippen LogP contribution is 2.20. The van der Waals surface area contributed by atoms with Gasteiger partial charge in [-0.25, -0.2) is 4.98 Å². The molecule has 4 aromatic rings. The number of H-pyrrole nitrogens is 1. The molecular weight excluding hydrogens is 388 g/mol. The highest BCUT2D eigenvalue weighted by Gasteiger charge is 2.12. The van der Waals surface area contributed by atoms with Gasteiger partial charge in [0.25, 0.3) is 0 Å².